The van der Waals surface area contributed by atoms with E-state index < -0.39 is 0 Å². The lowest BCUT2D eigenvalue weighted by molar-refractivity contribution is -0.140. The second-order valence-electron chi connectivity index (χ2n) is 9.35. The first-order valence-corrected chi connectivity index (χ1v) is 11.6. The van der Waals surface area contributed by atoms with E-state index in [-0.39, 0.29) is 48.1 Å². The van der Waals surface area contributed by atoms with E-state index in [0.29, 0.717) is 33.9 Å². The molecule has 0 aromatic heterocycles. The Balaban J connectivity index is 1.35. The lowest BCUT2D eigenvalue weighted by atomic mass is 9.63. The molecule has 2 aromatic rings. The highest BCUT2D eigenvalue weighted by molar-refractivity contribution is 6.31. The molecule has 2 aromatic carbocycles. The molecule has 0 radical (unpaired) electrons. The Kier molecular flexibility index (Phi) is 4.63. The second kappa shape index (κ2) is 7.45. The van der Waals surface area contributed by atoms with Gasteiger partial charge in [0.15, 0.2) is 0 Å². The highest BCUT2D eigenvalue weighted by Crippen LogP contribution is 2.65. The lowest BCUT2D eigenvalue weighted by Crippen LogP contribution is -2.45. The van der Waals surface area contributed by atoms with Crippen molar-refractivity contribution in [2.45, 2.75) is 6.42 Å². The van der Waals surface area contributed by atoms with Gasteiger partial charge in [-0.1, -0.05) is 35.9 Å². The fraction of sp³-hybridized carbons (Fsp3) is 0.346. The summed E-state index contributed by atoms with van der Waals surface area (Å²) in [5.41, 5.74) is 0.920. The summed E-state index contributed by atoms with van der Waals surface area (Å²) in [5, 5.41) is 0.464. The van der Waals surface area contributed by atoms with Crippen LogP contribution >= 0.6 is 11.6 Å². The summed E-state index contributed by atoms with van der Waals surface area (Å²) in [7, 11) is 1.54. The Bertz CT molecular complexity index is 1170. The van der Waals surface area contributed by atoms with Crippen molar-refractivity contribution in [2.75, 3.05) is 18.7 Å². The van der Waals surface area contributed by atoms with Gasteiger partial charge in [0.1, 0.15) is 12.4 Å². The molecule has 168 valence electrons. The summed E-state index contributed by atoms with van der Waals surface area (Å²) < 4.78 is 5.27. The first-order valence-electron chi connectivity index (χ1n) is 11.2. The molecule has 2 bridgehead atoms. The van der Waals surface area contributed by atoms with Gasteiger partial charge in [-0.05, 0) is 66.5 Å². The number of hydrogen-bond donors (Lipinski definition) is 0. The highest BCUT2D eigenvalue weighted by Gasteiger charge is 2.67. The van der Waals surface area contributed by atoms with Crippen LogP contribution in [0.3, 0.4) is 0 Å². The minimum Gasteiger partial charge on any atom is -0.497 e. The monoisotopic (exact) mass is 462 g/mol. The number of ether oxygens (including phenoxy) is 1. The molecule has 6 unspecified atom stereocenters. The minimum atomic E-state index is -0.337. The van der Waals surface area contributed by atoms with Crippen LogP contribution < -0.4 is 9.64 Å². The number of amides is 3. The molecule has 0 N–H and O–H groups in total. The first kappa shape index (κ1) is 20.5. The SMILES string of the molecule is COc1cccc(C(=O)N(CN2C(=O)C3C4C=CC(C5CC45)C3C2=O)c2cccc(Cl)c2)c1. The van der Waals surface area contributed by atoms with Crippen LogP contribution in [0.15, 0.2) is 60.7 Å². The van der Waals surface area contributed by atoms with Gasteiger partial charge in [0.25, 0.3) is 5.91 Å². The number of carbonyl (C=O) groups is 3. The zero-order valence-corrected chi connectivity index (χ0v) is 18.8. The first-order chi connectivity index (χ1) is 16.0. The van der Waals surface area contributed by atoms with E-state index in [4.69, 9.17) is 16.3 Å². The van der Waals surface area contributed by atoms with Crippen LogP contribution in [0.4, 0.5) is 5.69 Å². The van der Waals surface area contributed by atoms with Gasteiger partial charge in [0.2, 0.25) is 11.8 Å². The number of anilines is 1. The molecular weight excluding hydrogens is 440 g/mol. The van der Waals surface area contributed by atoms with Crippen LogP contribution in [0.25, 0.3) is 0 Å². The third kappa shape index (κ3) is 3.11. The van der Waals surface area contributed by atoms with Gasteiger partial charge < -0.3 is 4.74 Å². The normalized spacial score (nSPS) is 30.8. The maximum atomic E-state index is 13.6. The lowest BCUT2D eigenvalue weighted by Gasteiger charge is -2.37. The van der Waals surface area contributed by atoms with Crippen LogP contribution in [0.2, 0.25) is 5.02 Å². The van der Waals surface area contributed by atoms with Gasteiger partial charge >= 0.3 is 0 Å². The van der Waals surface area contributed by atoms with Crippen molar-refractivity contribution >= 4 is 35.0 Å². The summed E-state index contributed by atoms with van der Waals surface area (Å²) in [4.78, 5) is 43.3. The standard InChI is InChI=1S/C26H23ClN2O4/c1-33-17-7-2-4-14(10-17)24(30)28(16-6-3-5-15(27)11-16)13-29-25(31)22-18-8-9-19(21-12-20(18)21)23(22)26(29)32/h2-11,18-23H,12-13H2,1H3. The highest BCUT2D eigenvalue weighted by atomic mass is 35.5. The Morgan fingerprint density at radius 3 is 2.33 bits per heavy atom. The summed E-state index contributed by atoms with van der Waals surface area (Å²) in [6, 6.07) is 13.7. The number of hydrogen-bond acceptors (Lipinski definition) is 4. The summed E-state index contributed by atoms with van der Waals surface area (Å²) >= 11 is 6.21. The van der Waals surface area contributed by atoms with E-state index in [9.17, 15) is 14.4 Å². The van der Waals surface area contributed by atoms with E-state index in [1.807, 2.05) is 0 Å². The number of likely N-dealkylation sites (tertiary alicyclic amines) is 1. The smallest absolute Gasteiger partial charge is 0.259 e. The Morgan fingerprint density at radius 2 is 1.70 bits per heavy atom. The van der Waals surface area contributed by atoms with Gasteiger partial charge in [0.05, 0.1) is 18.9 Å². The number of imide groups is 1. The zero-order valence-electron chi connectivity index (χ0n) is 18.1. The van der Waals surface area contributed by atoms with Gasteiger partial charge in [-0.3, -0.25) is 24.2 Å². The average molecular weight is 463 g/mol. The van der Waals surface area contributed by atoms with E-state index in [0.717, 1.165) is 6.42 Å². The maximum Gasteiger partial charge on any atom is 0.259 e. The molecule has 4 aliphatic carbocycles. The van der Waals surface area contributed by atoms with Crippen molar-refractivity contribution in [3.8, 4) is 5.75 Å². The minimum absolute atomic E-state index is 0.139. The number of benzene rings is 2. The molecule has 6 nitrogen and oxygen atoms in total. The van der Waals surface area contributed by atoms with Crippen LogP contribution in [-0.4, -0.2) is 36.4 Å². The van der Waals surface area contributed by atoms with Gasteiger partial charge in [0, 0.05) is 16.3 Å². The van der Waals surface area contributed by atoms with Gasteiger partial charge in [-0.15, -0.1) is 0 Å². The molecule has 1 saturated heterocycles. The van der Waals surface area contributed by atoms with Crippen LogP contribution in [0, 0.1) is 35.5 Å². The molecule has 7 heteroatoms. The third-order valence-electron chi connectivity index (χ3n) is 7.72. The summed E-state index contributed by atoms with van der Waals surface area (Å²) in [5.74, 6) is 0.610. The summed E-state index contributed by atoms with van der Waals surface area (Å²) in [6.45, 7) is -0.143. The number of halogens is 1. The molecule has 5 aliphatic rings. The molecule has 33 heavy (non-hydrogen) atoms. The number of nitrogens with zero attached hydrogens (tertiary/aromatic N) is 2. The molecule has 3 fully saturated rings. The Morgan fingerprint density at radius 1 is 1.03 bits per heavy atom. The second-order valence-corrected chi connectivity index (χ2v) is 9.78. The average Bonchev–Trinajstić information content (AvgIpc) is 3.62. The molecule has 3 amide bonds. The van der Waals surface area contributed by atoms with E-state index in [1.54, 1.807) is 48.5 Å². The molecule has 7 rings (SSSR count). The van der Waals surface area contributed by atoms with Crippen molar-refractivity contribution in [3.63, 3.8) is 0 Å². The van der Waals surface area contributed by atoms with Crippen LogP contribution in [0.5, 0.6) is 5.75 Å². The van der Waals surface area contributed by atoms with E-state index in [1.165, 1.54) is 16.9 Å². The van der Waals surface area contributed by atoms with Crippen molar-refractivity contribution in [1.29, 1.82) is 0 Å². The number of allylic oxidation sites excluding steroid dienone is 2. The predicted molar refractivity (Wildman–Crippen MR) is 123 cm³/mol. The Hall–Kier alpha value is -3.12. The zero-order chi connectivity index (χ0) is 22.9. The third-order valence-corrected chi connectivity index (χ3v) is 7.95. The maximum absolute atomic E-state index is 13.6. The fourth-order valence-corrected chi connectivity index (χ4v) is 6.30. The fourth-order valence-electron chi connectivity index (χ4n) is 6.12. The van der Waals surface area contributed by atoms with Gasteiger partial charge in [-0.2, -0.15) is 0 Å². The van der Waals surface area contributed by atoms with Crippen molar-refractivity contribution in [3.05, 3.63) is 71.3 Å². The Labute approximate surface area is 196 Å². The van der Waals surface area contributed by atoms with Crippen molar-refractivity contribution < 1.29 is 19.1 Å². The largest absolute Gasteiger partial charge is 0.497 e. The molecule has 1 heterocycles. The number of carbonyl (C=O) groups excluding carboxylic acids is 3. The molecule has 2 saturated carbocycles. The quantitative estimate of drug-likeness (QED) is 0.497. The molecule has 1 aliphatic heterocycles. The summed E-state index contributed by atoms with van der Waals surface area (Å²) in [6.07, 6.45) is 5.40. The van der Waals surface area contributed by atoms with Crippen LogP contribution in [-0.2, 0) is 9.59 Å². The van der Waals surface area contributed by atoms with Crippen molar-refractivity contribution in [2.24, 2.45) is 35.5 Å². The predicted octanol–water partition coefficient (Wildman–Crippen LogP) is 4.01. The van der Waals surface area contributed by atoms with E-state index in [2.05, 4.69) is 12.2 Å². The topological polar surface area (TPSA) is 66.9 Å². The molecular formula is C26H23ClN2O4. The van der Waals surface area contributed by atoms with E-state index >= 15 is 0 Å². The molecule has 6 atom stereocenters. The number of rotatable bonds is 5. The van der Waals surface area contributed by atoms with Gasteiger partial charge in [-0.25, -0.2) is 0 Å². The van der Waals surface area contributed by atoms with Crippen molar-refractivity contribution in [1.82, 2.24) is 4.90 Å². The van der Waals surface area contributed by atoms with Crippen LogP contribution in [0.1, 0.15) is 16.8 Å². The molecule has 0 spiro atoms. The number of methoxy groups -OCH3 is 1.